The molecule has 0 aliphatic carbocycles. The van der Waals surface area contributed by atoms with Crippen molar-refractivity contribution in [1.82, 2.24) is 10.6 Å². The van der Waals surface area contributed by atoms with E-state index in [1.165, 1.54) is 0 Å². The maximum absolute atomic E-state index is 11.6. The molecule has 5 heteroatoms. The highest BCUT2D eigenvalue weighted by molar-refractivity contribution is 5.82. The SMILES string of the molecule is C=CCNC(=O)[C@H](CCC(=O)O)NCC=C. The number of carbonyl (C=O) groups excluding carboxylic acids is 1. The van der Waals surface area contributed by atoms with Crippen LogP contribution in [0, 0.1) is 0 Å². The summed E-state index contributed by atoms with van der Waals surface area (Å²) in [5.74, 6) is -1.13. The highest BCUT2D eigenvalue weighted by Crippen LogP contribution is 1.98. The molecule has 0 heterocycles. The van der Waals surface area contributed by atoms with E-state index in [1.54, 1.807) is 12.2 Å². The monoisotopic (exact) mass is 226 g/mol. The molecular formula is C11H18N2O3. The Kier molecular flexibility index (Phi) is 7.79. The first kappa shape index (κ1) is 14.4. The van der Waals surface area contributed by atoms with Crippen molar-refractivity contribution in [3.8, 4) is 0 Å². The average Bonchev–Trinajstić information content (AvgIpc) is 2.25. The third-order valence-electron chi connectivity index (χ3n) is 1.89. The van der Waals surface area contributed by atoms with Gasteiger partial charge in [0.05, 0.1) is 6.04 Å². The Hall–Kier alpha value is -1.62. The van der Waals surface area contributed by atoms with Crippen LogP contribution in [0.25, 0.3) is 0 Å². The molecule has 0 aromatic heterocycles. The summed E-state index contributed by atoms with van der Waals surface area (Å²) in [6.07, 6.45) is 3.40. The molecule has 1 amide bonds. The summed E-state index contributed by atoms with van der Waals surface area (Å²) in [6.45, 7) is 7.84. The van der Waals surface area contributed by atoms with Gasteiger partial charge >= 0.3 is 5.97 Å². The van der Waals surface area contributed by atoms with E-state index in [0.717, 1.165) is 0 Å². The van der Waals surface area contributed by atoms with E-state index in [9.17, 15) is 9.59 Å². The van der Waals surface area contributed by atoms with E-state index >= 15 is 0 Å². The molecule has 0 bridgehead atoms. The van der Waals surface area contributed by atoms with Crippen LogP contribution in [0.1, 0.15) is 12.8 Å². The average molecular weight is 226 g/mol. The lowest BCUT2D eigenvalue weighted by Gasteiger charge is -2.16. The van der Waals surface area contributed by atoms with E-state index in [2.05, 4.69) is 23.8 Å². The van der Waals surface area contributed by atoms with Crippen molar-refractivity contribution in [1.29, 1.82) is 0 Å². The number of rotatable bonds is 9. The number of amides is 1. The summed E-state index contributed by atoms with van der Waals surface area (Å²) in [5, 5.41) is 14.1. The number of carboxylic acid groups (broad SMARTS) is 1. The van der Waals surface area contributed by atoms with Gasteiger partial charge in [-0.25, -0.2) is 0 Å². The van der Waals surface area contributed by atoms with Crippen LogP contribution in [-0.4, -0.2) is 36.1 Å². The summed E-state index contributed by atoms with van der Waals surface area (Å²) < 4.78 is 0. The van der Waals surface area contributed by atoms with Crippen molar-refractivity contribution in [2.24, 2.45) is 0 Å². The topological polar surface area (TPSA) is 78.4 Å². The second kappa shape index (κ2) is 8.67. The molecule has 0 spiro atoms. The summed E-state index contributed by atoms with van der Waals surface area (Å²) in [5.41, 5.74) is 0. The van der Waals surface area contributed by atoms with E-state index < -0.39 is 12.0 Å². The minimum Gasteiger partial charge on any atom is -0.481 e. The first-order chi connectivity index (χ1) is 7.61. The van der Waals surface area contributed by atoms with Gasteiger partial charge < -0.3 is 15.7 Å². The van der Waals surface area contributed by atoms with Crippen molar-refractivity contribution in [2.45, 2.75) is 18.9 Å². The highest BCUT2D eigenvalue weighted by atomic mass is 16.4. The first-order valence-electron chi connectivity index (χ1n) is 5.06. The summed E-state index contributed by atoms with van der Waals surface area (Å²) in [7, 11) is 0. The Bertz CT molecular complexity index is 264. The van der Waals surface area contributed by atoms with E-state index in [1.807, 2.05) is 0 Å². The predicted molar refractivity (Wildman–Crippen MR) is 62.1 cm³/mol. The summed E-state index contributed by atoms with van der Waals surface area (Å²) in [6, 6.07) is -0.506. The number of aliphatic carboxylic acids is 1. The second-order valence-corrected chi connectivity index (χ2v) is 3.22. The Balaban J connectivity index is 4.15. The van der Waals surface area contributed by atoms with Crippen LogP contribution >= 0.6 is 0 Å². The molecule has 0 aliphatic rings. The third kappa shape index (κ3) is 6.78. The van der Waals surface area contributed by atoms with Crippen LogP contribution < -0.4 is 10.6 Å². The Morgan fingerprint density at radius 3 is 2.38 bits per heavy atom. The Morgan fingerprint density at radius 1 is 1.25 bits per heavy atom. The van der Waals surface area contributed by atoms with E-state index in [-0.39, 0.29) is 18.7 Å². The zero-order valence-corrected chi connectivity index (χ0v) is 9.24. The van der Waals surface area contributed by atoms with Crippen LogP contribution in [0.3, 0.4) is 0 Å². The van der Waals surface area contributed by atoms with Crippen LogP contribution in [0.15, 0.2) is 25.3 Å². The number of carbonyl (C=O) groups is 2. The zero-order chi connectivity index (χ0) is 12.4. The van der Waals surface area contributed by atoms with Gasteiger partial charge in [-0.1, -0.05) is 12.2 Å². The molecule has 0 saturated heterocycles. The van der Waals surface area contributed by atoms with Gasteiger partial charge in [-0.15, -0.1) is 13.2 Å². The van der Waals surface area contributed by atoms with E-state index in [4.69, 9.17) is 5.11 Å². The maximum atomic E-state index is 11.6. The Labute approximate surface area is 95.2 Å². The highest BCUT2D eigenvalue weighted by Gasteiger charge is 2.17. The molecular weight excluding hydrogens is 208 g/mol. The van der Waals surface area contributed by atoms with E-state index in [0.29, 0.717) is 13.1 Å². The largest absolute Gasteiger partial charge is 0.481 e. The lowest BCUT2D eigenvalue weighted by molar-refractivity contribution is -0.137. The van der Waals surface area contributed by atoms with Crippen molar-refractivity contribution >= 4 is 11.9 Å². The zero-order valence-electron chi connectivity index (χ0n) is 9.24. The van der Waals surface area contributed by atoms with Crippen molar-refractivity contribution in [2.75, 3.05) is 13.1 Å². The molecule has 0 aliphatic heterocycles. The number of hydrogen-bond donors (Lipinski definition) is 3. The molecule has 0 aromatic rings. The standard InChI is InChI=1S/C11H18N2O3/c1-3-7-12-9(5-6-10(14)15)11(16)13-8-4-2/h3-4,9,12H,1-2,5-8H2,(H,13,16)(H,14,15)/t9-/m0/s1. The lowest BCUT2D eigenvalue weighted by Crippen LogP contribution is -2.44. The molecule has 90 valence electrons. The van der Waals surface area contributed by atoms with Gasteiger partial charge in [0.2, 0.25) is 5.91 Å². The summed E-state index contributed by atoms with van der Waals surface area (Å²) in [4.78, 5) is 22.0. The van der Waals surface area contributed by atoms with Crippen LogP contribution in [0.5, 0.6) is 0 Å². The van der Waals surface area contributed by atoms with Gasteiger partial charge in [-0.3, -0.25) is 9.59 Å². The molecule has 3 N–H and O–H groups in total. The first-order valence-corrected chi connectivity index (χ1v) is 5.06. The van der Waals surface area contributed by atoms with Gasteiger partial charge in [-0.2, -0.15) is 0 Å². The molecule has 0 rings (SSSR count). The summed E-state index contributed by atoms with van der Waals surface area (Å²) >= 11 is 0. The smallest absolute Gasteiger partial charge is 0.303 e. The van der Waals surface area contributed by atoms with Crippen LogP contribution in [0.2, 0.25) is 0 Å². The number of hydrogen-bond acceptors (Lipinski definition) is 3. The molecule has 1 atom stereocenters. The normalized spacial score (nSPS) is 11.5. The minimum atomic E-state index is -0.915. The molecule has 0 fully saturated rings. The molecule has 0 radical (unpaired) electrons. The fraction of sp³-hybridized carbons (Fsp3) is 0.455. The maximum Gasteiger partial charge on any atom is 0.303 e. The van der Waals surface area contributed by atoms with Gasteiger partial charge in [0, 0.05) is 19.5 Å². The number of nitrogens with one attached hydrogen (secondary N) is 2. The van der Waals surface area contributed by atoms with Crippen molar-refractivity contribution in [3.05, 3.63) is 25.3 Å². The Morgan fingerprint density at radius 2 is 1.88 bits per heavy atom. The van der Waals surface area contributed by atoms with Crippen molar-refractivity contribution < 1.29 is 14.7 Å². The minimum absolute atomic E-state index is 0.0453. The van der Waals surface area contributed by atoms with Crippen LogP contribution in [-0.2, 0) is 9.59 Å². The fourth-order valence-electron chi connectivity index (χ4n) is 1.12. The van der Waals surface area contributed by atoms with Gasteiger partial charge in [0.1, 0.15) is 0 Å². The van der Waals surface area contributed by atoms with Crippen molar-refractivity contribution in [3.63, 3.8) is 0 Å². The molecule has 16 heavy (non-hydrogen) atoms. The van der Waals surface area contributed by atoms with Gasteiger partial charge in [0.25, 0.3) is 0 Å². The van der Waals surface area contributed by atoms with Gasteiger partial charge in [-0.05, 0) is 6.42 Å². The van der Waals surface area contributed by atoms with Gasteiger partial charge in [0.15, 0.2) is 0 Å². The molecule has 0 unspecified atom stereocenters. The second-order valence-electron chi connectivity index (χ2n) is 3.22. The fourth-order valence-corrected chi connectivity index (χ4v) is 1.12. The quantitative estimate of drug-likeness (QED) is 0.494. The predicted octanol–water partition coefficient (Wildman–Crippen LogP) is 0.298. The van der Waals surface area contributed by atoms with Crippen LogP contribution in [0.4, 0.5) is 0 Å². The molecule has 0 aromatic carbocycles. The lowest BCUT2D eigenvalue weighted by atomic mass is 10.1. The number of carboxylic acids is 1. The third-order valence-corrected chi connectivity index (χ3v) is 1.89. The molecule has 5 nitrogen and oxygen atoms in total. The molecule has 0 saturated carbocycles.